The number of phosphoric ester groups is 1. The monoisotopic (exact) mass is 549 g/mol. The molecule has 0 saturated heterocycles. The van der Waals surface area contributed by atoms with E-state index < -0.39 is 7.82 Å². The van der Waals surface area contributed by atoms with E-state index in [1.165, 1.54) is 42.4 Å². The minimum atomic E-state index is -4.01. The summed E-state index contributed by atoms with van der Waals surface area (Å²) < 4.78 is 26.2. The first kappa shape index (κ1) is 34.3. The molecule has 0 heterocycles. The molecule has 0 aromatic rings. The van der Waals surface area contributed by atoms with Crippen LogP contribution in [0.25, 0.3) is 0 Å². The molecule has 0 saturated carbocycles. The number of ether oxygens (including phenoxy) is 1. The summed E-state index contributed by atoms with van der Waals surface area (Å²) >= 11 is 0. The van der Waals surface area contributed by atoms with Crippen LogP contribution in [0.1, 0.15) is 73.1 Å². The topological polar surface area (TPSA) is 94.1 Å². The fourth-order valence-electron chi connectivity index (χ4n) is 4.10. The van der Waals surface area contributed by atoms with Crippen LogP contribution in [0.5, 0.6) is 0 Å². The Bertz CT molecular complexity index is 929. The maximum Gasteiger partial charge on any atom is 0.472 e. The highest BCUT2D eigenvalue weighted by molar-refractivity contribution is 7.47. The average Bonchev–Trinajstić information content (AvgIpc) is 2.83. The first-order valence-electron chi connectivity index (χ1n) is 13.5. The molecule has 38 heavy (non-hydrogen) atoms. The molecule has 0 aromatic heterocycles. The van der Waals surface area contributed by atoms with Gasteiger partial charge in [-0.3, -0.25) is 13.8 Å². The molecule has 0 fully saturated rings. The molecular weight excluding hydrogens is 501 g/mol. The van der Waals surface area contributed by atoms with Gasteiger partial charge in [-0.15, -0.1) is 0 Å². The summed E-state index contributed by atoms with van der Waals surface area (Å²) in [4.78, 5) is 21.3. The SMILES string of the molecule is [CH2][CH]COP(=O)(O)OCCNCCCCC(=O)OC/C=C(C)/C=C/C=C(C)/C=C/C1=C(C)CCCC1(C)C. The molecule has 0 aliphatic heterocycles. The number of carbonyl (C=O) groups excluding carboxylic acids is 1. The molecule has 0 aromatic carbocycles. The number of phosphoric acid groups is 1. The normalized spacial score (nSPS) is 18.4. The molecule has 2 radical (unpaired) electrons. The summed E-state index contributed by atoms with van der Waals surface area (Å²) in [6.07, 6.45) is 19.4. The van der Waals surface area contributed by atoms with Gasteiger partial charge in [-0.2, -0.15) is 0 Å². The third-order valence-corrected chi connectivity index (χ3v) is 7.28. The zero-order valence-corrected chi connectivity index (χ0v) is 24.9. The van der Waals surface area contributed by atoms with Crippen molar-refractivity contribution >= 4 is 13.8 Å². The molecule has 1 aliphatic rings. The predicted molar refractivity (Wildman–Crippen MR) is 155 cm³/mol. The zero-order valence-electron chi connectivity index (χ0n) is 24.0. The smallest absolute Gasteiger partial charge is 0.461 e. The molecule has 0 amide bonds. The Morgan fingerprint density at radius 3 is 2.61 bits per heavy atom. The van der Waals surface area contributed by atoms with Crippen molar-refractivity contribution in [1.82, 2.24) is 5.32 Å². The highest BCUT2D eigenvalue weighted by Crippen LogP contribution is 2.43. The third-order valence-electron chi connectivity index (χ3n) is 6.30. The lowest BCUT2D eigenvalue weighted by molar-refractivity contribution is -0.142. The Morgan fingerprint density at radius 2 is 1.89 bits per heavy atom. The third kappa shape index (κ3) is 15.6. The summed E-state index contributed by atoms with van der Waals surface area (Å²) in [5, 5.41) is 3.09. The van der Waals surface area contributed by atoms with E-state index in [1.807, 2.05) is 25.2 Å². The van der Waals surface area contributed by atoms with Gasteiger partial charge in [-0.05, 0) is 89.8 Å². The maximum atomic E-state index is 11.9. The number of allylic oxidation sites excluding steroid dienone is 9. The van der Waals surface area contributed by atoms with E-state index in [0.29, 0.717) is 25.9 Å². The second-order valence-corrected chi connectivity index (χ2v) is 11.7. The lowest BCUT2D eigenvalue weighted by Gasteiger charge is -2.32. The van der Waals surface area contributed by atoms with E-state index in [2.05, 4.69) is 62.7 Å². The number of esters is 1. The van der Waals surface area contributed by atoms with Gasteiger partial charge in [-0.1, -0.05) is 60.9 Å². The molecule has 1 atom stereocenters. The first-order valence-corrected chi connectivity index (χ1v) is 15.0. The predicted octanol–water partition coefficient (Wildman–Crippen LogP) is 6.99. The van der Waals surface area contributed by atoms with E-state index in [1.54, 1.807) is 0 Å². The van der Waals surface area contributed by atoms with Crippen LogP contribution in [0.3, 0.4) is 0 Å². The highest BCUT2D eigenvalue weighted by atomic mass is 31.2. The quantitative estimate of drug-likeness (QED) is 0.0823. The second-order valence-electron chi connectivity index (χ2n) is 10.3. The lowest BCUT2D eigenvalue weighted by atomic mass is 9.72. The summed E-state index contributed by atoms with van der Waals surface area (Å²) in [5.41, 5.74) is 5.43. The number of hydrogen-bond donors (Lipinski definition) is 2. The van der Waals surface area contributed by atoms with Crippen LogP contribution < -0.4 is 5.32 Å². The van der Waals surface area contributed by atoms with Gasteiger partial charge in [0, 0.05) is 13.0 Å². The Hall–Kier alpha value is -1.76. The molecule has 7 nitrogen and oxygen atoms in total. The van der Waals surface area contributed by atoms with Crippen molar-refractivity contribution in [3.8, 4) is 0 Å². The van der Waals surface area contributed by atoms with Gasteiger partial charge in [0.25, 0.3) is 0 Å². The van der Waals surface area contributed by atoms with Crippen LogP contribution in [0.15, 0.2) is 58.7 Å². The average molecular weight is 550 g/mol. The molecule has 8 heteroatoms. The van der Waals surface area contributed by atoms with Crippen LogP contribution >= 0.6 is 7.82 Å². The van der Waals surface area contributed by atoms with Crippen molar-refractivity contribution in [2.24, 2.45) is 5.41 Å². The van der Waals surface area contributed by atoms with Gasteiger partial charge < -0.3 is 14.9 Å². The van der Waals surface area contributed by atoms with Crippen molar-refractivity contribution in [3.63, 3.8) is 0 Å². The number of rotatable bonds is 18. The molecule has 0 bridgehead atoms. The Kier molecular flexibility index (Phi) is 16.7. The zero-order chi connectivity index (χ0) is 28.4. The van der Waals surface area contributed by atoms with E-state index in [4.69, 9.17) is 9.26 Å². The van der Waals surface area contributed by atoms with Crippen LogP contribution in [-0.2, 0) is 23.1 Å². The second kappa shape index (κ2) is 18.5. The molecular formula is C30H48NO6P. The van der Waals surface area contributed by atoms with Crippen molar-refractivity contribution < 1.29 is 28.0 Å². The first-order chi connectivity index (χ1) is 18.0. The summed E-state index contributed by atoms with van der Waals surface area (Å²) in [5.74, 6) is -0.224. The lowest BCUT2D eigenvalue weighted by Crippen LogP contribution is -2.21. The molecule has 2 N–H and O–H groups in total. The van der Waals surface area contributed by atoms with E-state index >= 15 is 0 Å². The van der Waals surface area contributed by atoms with E-state index in [9.17, 15) is 14.3 Å². The fourth-order valence-corrected chi connectivity index (χ4v) is 4.79. The van der Waals surface area contributed by atoms with Crippen molar-refractivity contribution in [2.75, 3.05) is 32.9 Å². The summed E-state index contributed by atoms with van der Waals surface area (Å²) in [6, 6.07) is 0. The largest absolute Gasteiger partial charge is 0.472 e. The Morgan fingerprint density at radius 1 is 1.13 bits per heavy atom. The van der Waals surface area contributed by atoms with Gasteiger partial charge in [0.2, 0.25) is 0 Å². The Balaban J connectivity index is 2.22. The van der Waals surface area contributed by atoms with Gasteiger partial charge in [-0.25, -0.2) is 4.57 Å². The number of nitrogens with one attached hydrogen (secondary N) is 1. The molecule has 214 valence electrons. The minimum Gasteiger partial charge on any atom is -0.461 e. The van der Waals surface area contributed by atoms with Crippen LogP contribution in [-0.4, -0.2) is 43.8 Å². The van der Waals surface area contributed by atoms with Crippen LogP contribution in [0.2, 0.25) is 0 Å². The van der Waals surface area contributed by atoms with E-state index in [-0.39, 0.29) is 31.2 Å². The van der Waals surface area contributed by atoms with Crippen LogP contribution in [0, 0.1) is 18.8 Å². The standard InChI is InChI=1S/C30H48NO6P/c1-7-22-36-38(33,34)37-24-21-31-20-9-8-15-29(32)35-23-18-26(3)13-10-12-25(2)16-17-28-27(4)14-11-19-30(28,5)6/h7,10,12-13,16-18,31H,1,8-9,11,14-15,19-24H2,2-6H3,(H,33,34)/b13-10+,17-16+,25-12+,26-18+. The minimum absolute atomic E-state index is 0.0460. The van der Waals surface area contributed by atoms with Crippen LogP contribution in [0.4, 0.5) is 0 Å². The van der Waals surface area contributed by atoms with Crippen molar-refractivity contribution in [2.45, 2.75) is 73.1 Å². The number of hydrogen-bond acceptors (Lipinski definition) is 6. The van der Waals surface area contributed by atoms with E-state index in [0.717, 1.165) is 12.0 Å². The summed E-state index contributed by atoms with van der Waals surface area (Å²) in [7, 11) is -4.01. The van der Waals surface area contributed by atoms with Gasteiger partial charge in [0.1, 0.15) is 6.61 Å². The fraction of sp³-hybridized carbons (Fsp3) is 0.567. The Labute approximate surface area is 230 Å². The van der Waals surface area contributed by atoms with Crippen molar-refractivity contribution in [1.29, 1.82) is 0 Å². The molecule has 1 unspecified atom stereocenters. The molecule has 0 spiro atoms. The van der Waals surface area contributed by atoms with Gasteiger partial charge in [0.15, 0.2) is 0 Å². The molecule has 1 rings (SSSR count). The molecule has 1 aliphatic carbocycles. The van der Waals surface area contributed by atoms with Gasteiger partial charge >= 0.3 is 13.8 Å². The number of unbranched alkanes of at least 4 members (excludes halogenated alkanes) is 1. The van der Waals surface area contributed by atoms with Gasteiger partial charge in [0.05, 0.1) is 13.2 Å². The maximum absolute atomic E-state index is 11.9. The summed E-state index contributed by atoms with van der Waals surface area (Å²) in [6.45, 7) is 15.7. The highest BCUT2D eigenvalue weighted by Gasteiger charge is 2.26. The number of carbonyl (C=O) groups is 1. The van der Waals surface area contributed by atoms with Crippen molar-refractivity contribution in [3.05, 3.63) is 72.1 Å².